The molecule has 1 aliphatic rings. The highest BCUT2D eigenvalue weighted by Crippen LogP contribution is 2.29. The molecule has 1 saturated carbocycles. The standard InChI is InChI=1S/C17H22F2N2O2S/c1-2-14(22)20-10-13(11-6-4-3-5-7-11)21-17(23)15-12(16(18)19)8-9-24-15/h2,8-9,11,13,16H,1,3-7,10H2,(H,20,22)(H,21,23). The summed E-state index contributed by atoms with van der Waals surface area (Å²) in [6, 6.07) is 1.01. The van der Waals surface area contributed by atoms with E-state index in [1.165, 1.54) is 17.5 Å². The highest BCUT2D eigenvalue weighted by atomic mass is 32.1. The Kier molecular flexibility index (Phi) is 6.90. The predicted octanol–water partition coefficient (Wildman–Crippen LogP) is 3.67. The normalized spacial score (nSPS) is 16.6. The minimum absolute atomic E-state index is 0.0425. The van der Waals surface area contributed by atoms with E-state index in [2.05, 4.69) is 17.2 Å². The third-order valence-electron chi connectivity index (χ3n) is 4.35. The van der Waals surface area contributed by atoms with Crippen LogP contribution in [0.1, 0.15) is 53.8 Å². The lowest BCUT2D eigenvalue weighted by molar-refractivity contribution is -0.116. The SMILES string of the molecule is C=CC(=O)NCC(NC(=O)c1sccc1C(F)F)C1CCCCC1. The summed E-state index contributed by atoms with van der Waals surface area (Å²) in [5.74, 6) is -0.569. The molecule has 1 unspecified atom stereocenters. The number of hydrogen-bond acceptors (Lipinski definition) is 3. The Morgan fingerprint density at radius 2 is 2.04 bits per heavy atom. The lowest BCUT2D eigenvalue weighted by atomic mass is 9.83. The lowest BCUT2D eigenvalue weighted by Gasteiger charge is -2.31. The second-order valence-corrected chi connectivity index (χ2v) is 6.85. The largest absolute Gasteiger partial charge is 0.350 e. The zero-order chi connectivity index (χ0) is 17.5. The molecule has 2 amide bonds. The number of alkyl halides is 2. The van der Waals surface area contributed by atoms with Gasteiger partial charge in [-0.05, 0) is 36.3 Å². The van der Waals surface area contributed by atoms with Gasteiger partial charge in [0.25, 0.3) is 12.3 Å². The van der Waals surface area contributed by atoms with Crippen LogP contribution in [0.5, 0.6) is 0 Å². The molecule has 1 fully saturated rings. The van der Waals surface area contributed by atoms with E-state index >= 15 is 0 Å². The van der Waals surface area contributed by atoms with E-state index in [4.69, 9.17) is 0 Å². The fourth-order valence-electron chi connectivity index (χ4n) is 3.06. The second-order valence-electron chi connectivity index (χ2n) is 5.93. The third-order valence-corrected chi connectivity index (χ3v) is 5.28. The average molecular weight is 356 g/mol. The Hall–Kier alpha value is -1.76. The van der Waals surface area contributed by atoms with Crippen molar-refractivity contribution in [3.05, 3.63) is 34.5 Å². The molecule has 0 spiro atoms. The topological polar surface area (TPSA) is 58.2 Å². The number of rotatable bonds is 7. The first-order valence-corrected chi connectivity index (χ1v) is 8.97. The van der Waals surface area contributed by atoms with Crippen molar-refractivity contribution in [2.75, 3.05) is 6.54 Å². The van der Waals surface area contributed by atoms with Gasteiger partial charge >= 0.3 is 0 Å². The molecule has 1 aromatic heterocycles. The first-order chi connectivity index (χ1) is 11.5. The maximum Gasteiger partial charge on any atom is 0.265 e. The summed E-state index contributed by atoms with van der Waals surface area (Å²) in [5, 5.41) is 7.05. The number of halogens is 2. The number of amides is 2. The maximum atomic E-state index is 13.0. The van der Waals surface area contributed by atoms with Gasteiger partial charge < -0.3 is 10.6 Å². The molecular weight excluding hydrogens is 334 g/mol. The molecule has 2 rings (SSSR count). The van der Waals surface area contributed by atoms with Gasteiger partial charge in [-0.15, -0.1) is 11.3 Å². The highest BCUT2D eigenvalue weighted by molar-refractivity contribution is 7.12. The quantitative estimate of drug-likeness (QED) is 0.733. The van der Waals surface area contributed by atoms with Gasteiger partial charge in [-0.25, -0.2) is 8.78 Å². The Morgan fingerprint density at radius 1 is 1.33 bits per heavy atom. The highest BCUT2D eigenvalue weighted by Gasteiger charge is 2.28. The molecule has 4 nitrogen and oxygen atoms in total. The molecular formula is C17H22F2N2O2S. The van der Waals surface area contributed by atoms with E-state index in [1.54, 1.807) is 0 Å². The molecule has 0 aromatic carbocycles. The number of carbonyl (C=O) groups excluding carboxylic acids is 2. The fourth-order valence-corrected chi connectivity index (χ4v) is 3.87. The number of nitrogens with one attached hydrogen (secondary N) is 2. The summed E-state index contributed by atoms with van der Waals surface area (Å²) in [7, 11) is 0. The van der Waals surface area contributed by atoms with Crippen molar-refractivity contribution in [2.24, 2.45) is 5.92 Å². The van der Waals surface area contributed by atoms with Crippen molar-refractivity contribution in [1.82, 2.24) is 10.6 Å². The van der Waals surface area contributed by atoms with Crippen LogP contribution in [0.25, 0.3) is 0 Å². The molecule has 1 atom stereocenters. The molecule has 1 aromatic rings. The Morgan fingerprint density at radius 3 is 2.67 bits per heavy atom. The lowest BCUT2D eigenvalue weighted by Crippen LogP contribution is -2.48. The van der Waals surface area contributed by atoms with Gasteiger partial charge in [-0.1, -0.05) is 25.8 Å². The minimum Gasteiger partial charge on any atom is -0.350 e. The van der Waals surface area contributed by atoms with Crippen LogP contribution in [-0.4, -0.2) is 24.4 Å². The molecule has 1 aliphatic carbocycles. The molecule has 0 aliphatic heterocycles. The minimum atomic E-state index is -2.68. The summed E-state index contributed by atoms with van der Waals surface area (Å²) < 4.78 is 25.9. The smallest absolute Gasteiger partial charge is 0.265 e. The number of carbonyl (C=O) groups is 2. The Labute approximate surface area is 144 Å². The van der Waals surface area contributed by atoms with E-state index in [9.17, 15) is 18.4 Å². The van der Waals surface area contributed by atoms with Crippen LogP contribution in [0, 0.1) is 5.92 Å². The van der Waals surface area contributed by atoms with E-state index < -0.39 is 12.3 Å². The van der Waals surface area contributed by atoms with Gasteiger partial charge in [-0.2, -0.15) is 0 Å². The van der Waals surface area contributed by atoms with Crippen LogP contribution in [-0.2, 0) is 4.79 Å². The summed E-state index contributed by atoms with van der Waals surface area (Å²) in [6.45, 7) is 3.68. The van der Waals surface area contributed by atoms with E-state index in [1.807, 2.05) is 0 Å². The molecule has 7 heteroatoms. The molecule has 132 valence electrons. The third kappa shape index (κ3) is 4.87. The van der Waals surface area contributed by atoms with Crippen molar-refractivity contribution in [2.45, 2.75) is 44.6 Å². The van der Waals surface area contributed by atoms with Gasteiger partial charge in [0, 0.05) is 18.2 Å². The van der Waals surface area contributed by atoms with Gasteiger partial charge in [0.2, 0.25) is 5.91 Å². The summed E-state index contributed by atoms with van der Waals surface area (Å²) in [4.78, 5) is 23.9. The first kappa shape index (κ1) is 18.6. The van der Waals surface area contributed by atoms with Crippen LogP contribution in [0.4, 0.5) is 8.78 Å². The predicted molar refractivity (Wildman–Crippen MR) is 90.3 cm³/mol. The molecule has 0 radical (unpaired) electrons. The van der Waals surface area contributed by atoms with Gasteiger partial charge in [0.05, 0.1) is 0 Å². The molecule has 0 bridgehead atoms. The van der Waals surface area contributed by atoms with Crippen LogP contribution in [0.15, 0.2) is 24.1 Å². The van der Waals surface area contributed by atoms with Gasteiger partial charge in [0.15, 0.2) is 0 Å². The zero-order valence-electron chi connectivity index (χ0n) is 13.4. The monoisotopic (exact) mass is 356 g/mol. The van der Waals surface area contributed by atoms with E-state index in [0.717, 1.165) is 43.4 Å². The molecule has 0 saturated heterocycles. The van der Waals surface area contributed by atoms with Crippen molar-refractivity contribution < 1.29 is 18.4 Å². The molecule has 2 N–H and O–H groups in total. The van der Waals surface area contributed by atoms with Crippen LogP contribution in [0.2, 0.25) is 0 Å². The van der Waals surface area contributed by atoms with E-state index in [0.29, 0.717) is 0 Å². The van der Waals surface area contributed by atoms with Gasteiger partial charge in [-0.3, -0.25) is 9.59 Å². The Bertz CT molecular complexity index is 583. The summed E-state index contributed by atoms with van der Waals surface area (Å²) in [6.07, 6.45) is 3.74. The van der Waals surface area contributed by atoms with Crippen molar-refractivity contribution in [1.29, 1.82) is 0 Å². The Balaban J connectivity index is 2.07. The number of thiophene rings is 1. The molecule has 24 heavy (non-hydrogen) atoms. The molecule has 1 heterocycles. The zero-order valence-corrected chi connectivity index (χ0v) is 14.2. The van der Waals surface area contributed by atoms with Crippen molar-refractivity contribution in [3.8, 4) is 0 Å². The van der Waals surface area contributed by atoms with E-state index in [-0.39, 0.29) is 34.9 Å². The average Bonchev–Trinajstić information content (AvgIpc) is 3.09. The van der Waals surface area contributed by atoms with Crippen molar-refractivity contribution >= 4 is 23.2 Å². The van der Waals surface area contributed by atoms with Crippen LogP contribution < -0.4 is 10.6 Å². The fraction of sp³-hybridized carbons (Fsp3) is 0.529. The van der Waals surface area contributed by atoms with Crippen LogP contribution in [0.3, 0.4) is 0 Å². The first-order valence-electron chi connectivity index (χ1n) is 8.09. The summed E-state index contributed by atoms with van der Waals surface area (Å²) >= 11 is 1.01. The second kappa shape index (κ2) is 8.92. The maximum absolute atomic E-state index is 13.0. The van der Waals surface area contributed by atoms with Gasteiger partial charge in [0.1, 0.15) is 4.88 Å². The summed E-state index contributed by atoms with van der Waals surface area (Å²) in [5.41, 5.74) is -0.241. The van der Waals surface area contributed by atoms with Crippen molar-refractivity contribution in [3.63, 3.8) is 0 Å². The van der Waals surface area contributed by atoms with Crippen LogP contribution >= 0.6 is 11.3 Å². The number of hydrogen-bond donors (Lipinski definition) is 2.